The van der Waals surface area contributed by atoms with E-state index < -0.39 is 0 Å². The van der Waals surface area contributed by atoms with Gasteiger partial charge in [-0.05, 0) is 46.4 Å². The van der Waals surface area contributed by atoms with Crippen LogP contribution in [0, 0.1) is 0 Å². The highest BCUT2D eigenvalue weighted by Crippen LogP contribution is 2.33. The van der Waals surface area contributed by atoms with Gasteiger partial charge in [0.2, 0.25) is 0 Å². The Morgan fingerprint density at radius 3 is 2.10 bits per heavy atom. The van der Waals surface area contributed by atoms with Crippen molar-refractivity contribution in [3.8, 4) is 17.2 Å². The summed E-state index contributed by atoms with van der Waals surface area (Å²) in [6.07, 6.45) is 0. The zero-order chi connectivity index (χ0) is 21.6. The highest BCUT2D eigenvalue weighted by Gasteiger charge is 2.16. The van der Waals surface area contributed by atoms with Crippen LogP contribution in [0.5, 0.6) is 17.2 Å². The molecule has 0 aromatic heterocycles. The Hall–Kier alpha value is -3.14. The summed E-state index contributed by atoms with van der Waals surface area (Å²) in [5.74, 6) is 2.29. The molecular formula is C26H31NO3. The number of rotatable bonds is 8. The number of anilines is 1. The molecule has 3 aromatic carbocycles. The van der Waals surface area contributed by atoms with Crippen LogP contribution in [0.15, 0.2) is 66.7 Å². The molecule has 0 bridgehead atoms. The van der Waals surface area contributed by atoms with E-state index in [0.29, 0.717) is 13.2 Å². The average Bonchev–Trinajstić information content (AvgIpc) is 2.76. The number of hydrogen-bond acceptors (Lipinski definition) is 4. The molecule has 158 valence electrons. The van der Waals surface area contributed by atoms with E-state index >= 15 is 0 Å². The molecule has 4 nitrogen and oxygen atoms in total. The first-order valence-electron chi connectivity index (χ1n) is 10.2. The van der Waals surface area contributed by atoms with E-state index in [4.69, 9.17) is 14.2 Å². The zero-order valence-corrected chi connectivity index (χ0v) is 18.5. The largest absolute Gasteiger partial charge is 0.495 e. The number of nitrogens with one attached hydrogen (secondary N) is 1. The van der Waals surface area contributed by atoms with Crippen LogP contribution in [-0.4, -0.2) is 14.2 Å². The summed E-state index contributed by atoms with van der Waals surface area (Å²) in [5.41, 5.74) is 4.53. The van der Waals surface area contributed by atoms with Gasteiger partial charge in [0.15, 0.2) is 11.5 Å². The topological polar surface area (TPSA) is 39.7 Å². The summed E-state index contributed by atoms with van der Waals surface area (Å²) in [4.78, 5) is 0. The number of ether oxygens (including phenoxy) is 3. The fourth-order valence-electron chi connectivity index (χ4n) is 3.19. The highest BCUT2D eigenvalue weighted by atomic mass is 16.5. The molecule has 0 atom stereocenters. The maximum atomic E-state index is 5.96. The molecule has 0 spiro atoms. The average molecular weight is 406 g/mol. The summed E-state index contributed by atoms with van der Waals surface area (Å²) in [5, 5.41) is 3.50. The second kappa shape index (κ2) is 9.57. The quantitative estimate of drug-likeness (QED) is 0.485. The van der Waals surface area contributed by atoms with Crippen LogP contribution < -0.4 is 19.5 Å². The predicted octanol–water partition coefficient (Wildman–Crippen LogP) is 6.19. The molecule has 1 N–H and O–H groups in total. The van der Waals surface area contributed by atoms with Gasteiger partial charge in [0.25, 0.3) is 0 Å². The van der Waals surface area contributed by atoms with E-state index in [1.807, 2.05) is 48.5 Å². The first-order valence-corrected chi connectivity index (χ1v) is 10.2. The normalized spacial score (nSPS) is 11.1. The van der Waals surface area contributed by atoms with Crippen molar-refractivity contribution in [1.82, 2.24) is 0 Å². The predicted molar refractivity (Wildman–Crippen MR) is 123 cm³/mol. The number of benzene rings is 3. The van der Waals surface area contributed by atoms with Crippen LogP contribution in [-0.2, 0) is 18.6 Å². The van der Waals surface area contributed by atoms with Crippen molar-refractivity contribution < 1.29 is 14.2 Å². The van der Waals surface area contributed by atoms with Gasteiger partial charge in [-0.25, -0.2) is 0 Å². The van der Waals surface area contributed by atoms with Gasteiger partial charge in [-0.2, -0.15) is 0 Å². The van der Waals surface area contributed by atoms with E-state index in [-0.39, 0.29) is 5.41 Å². The Morgan fingerprint density at radius 1 is 0.733 bits per heavy atom. The molecule has 3 rings (SSSR count). The molecule has 0 amide bonds. The minimum absolute atomic E-state index is 0.0731. The summed E-state index contributed by atoms with van der Waals surface area (Å²) < 4.78 is 17.0. The molecule has 0 aliphatic carbocycles. The van der Waals surface area contributed by atoms with E-state index in [2.05, 4.69) is 44.3 Å². The van der Waals surface area contributed by atoms with Crippen molar-refractivity contribution in [3.05, 3.63) is 83.4 Å². The molecule has 0 fully saturated rings. The van der Waals surface area contributed by atoms with Crippen molar-refractivity contribution in [3.63, 3.8) is 0 Å². The second-order valence-electron chi connectivity index (χ2n) is 8.28. The maximum Gasteiger partial charge on any atom is 0.161 e. The molecule has 0 unspecified atom stereocenters. The van der Waals surface area contributed by atoms with Crippen molar-refractivity contribution in [1.29, 1.82) is 0 Å². The maximum absolute atomic E-state index is 5.96. The first-order chi connectivity index (χ1) is 14.4. The van der Waals surface area contributed by atoms with E-state index in [1.54, 1.807) is 14.2 Å². The fourth-order valence-corrected chi connectivity index (χ4v) is 3.19. The summed E-state index contributed by atoms with van der Waals surface area (Å²) in [6.45, 7) is 7.78. The highest BCUT2D eigenvalue weighted by molar-refractivity contribution is 5.59. The van der Waals surface area contributed by atoms with Crippen LogP contribution in [0.1, 0.15) is 37.5 Å². The van der Waals surface area contributed by atoms with Crippen molar-refractivity contribution in [2.24, 2.45) is 0 Å². The molecule has 0 heterocycles. The van der Waals surface area contributed by atoms with Gasteiger partial charge in [-0.3, -0.25) is 0 Å². The molecule has 0 radical (unpaired) electrons. The molecule has 0 saturated heterocycles. The summed E-state index contributed by atoms with van der Waals surface area (Å²) >= 11 is 0. The second-order valence-corrected chi connectivity index (χ2v) is 8.28. The van der Waals surface area contributed by atoms with Gasteiger partial charge >= 0.3 is 0 Å². The Bertz CT molecular complexity index is 962. The Morgan fingerprint density at radius 2 is 1.43 bits per heavy atom. The van der Waals surface area contributed by atoms with Crippen molar-refractivity contribution in [2.45, 2.75) is 39.3 Å². The fraction of sp³-hybridized carbons (Fsp3) is 0.308. The molecule has 0 aliphatic rings. The number of hydrogen-bond donors (Lipinski definition) is 1. The summed E-state index contributed by atoms with van der Waals surface area (Å²) in [7, 11) is 3.36. The first kappa shape index (κ1) is 21.6. The summed E-state index contributed by atoms with van der Waals surface area (Å²) in [6, 6.07) is 22.4. The third-order valence-electron chi connectivity index (χ3n) is 5.01. The van der Waals surface area contributed by atoms with Crippen LogP contribution in [0.25, 0.3) is 0 Å². The molecule has 4 heteroatoms. The smallest absolute Gasteiger partial charge is 0.161 e. The van der Waals surface area contributed by atoms with Gasteiger partial charge in [0.1, 0.15) is 12.4 Å². The lowest BCUT2D eigenvalue weighted by molar-refractivity contribution is 0.284. The van der Waals surface area contributed by atoms with Gasteiger partial charge in [0.05, 0.1) is 19.9 Å². The minimum atomic E-state index is 0.0731. The van der Waals surface area contributed by atoms with E-state index in [9.17, 15) is 0 Å². The van der Waals surface area contributed by atoms with E-state index in [1.165, 1.54) is 5.56 Å². The number of methoxy groups -OCH3 is 2. The molecule has 3 aromatic rings. The molecular weight excluding hydrogens is 374 g/mol. The van der Waals surface area contributed by atoms with Gasteiger partial charge < -0.3 is 19.5 Å². The van der Waals surface area contributed by atoms with Gasteiger partial charge in [-0.15, -0.1) is 0 Å². The lowest BCUT2D eigenvalue weighted by Gasteiger charge is -2.21. The SMILES string of the molecule is COc1ccc(C(C)(C)C)cc1NCc1ccc(OCc2ccccc2)c(OC)c1. The van der Waals surface area contributed by atoms with E-state index in [0.717, 1.165) is 34.1 Å². The van der Waals surface area contributed by atoms with Crippen molar-refractivity contribution >= 4 is 5.69 Å². The molecule has 0 aliphatic heterocycles. The monoisotopic (exact) mass is 405 g/mol. The van der Waals surface area contributed by atoms with Crippen molar-refractivity contribution in [2.75, 3.05) is 19.5 Å². The lowest BCUT2D eigenvalue weighted by atomic mass is 9.87. The van der Waals surface area contributed by atoms with Crippen LogP contribution in [0.3, 0.4) is 0 Å². The van der Waals surface area contributed by atoms with Crippen LogP contribution in [0.4, 0.5) is 5.69 Å². The van der Waals surface area contributed by atoms with Gasteiger partial charge in [0, 0.05) is 6.54 Å². The third-order valence-corrected chi connectivity index (χ3v) is 5.01. The third kappa shape index (κ3) is 5.47. The van der Waals surface area contributed by atoms with Gasteiger partial charge in [-0.1, -0.05) is 63.2 Å². The Kier molecular flexibility index (Phi) is 6.88. The Balaban J connectivity index is 1.71. The zero-order valence-electron chi connectivity index (χ0n) is 18.5. The van der Waals surface area contributed by atoms with Crippen LogP contribution >= 0.6 is 0 Å². The molecule has 30 heavy (non-hydrogen) atoms. The molecule has 0 saturated carbocycles. The standard InChI is InChI=1S/C26H31NO3/c1-26(2,3)21-12-14-23(28-4)22(16-21)27-17-20-11-13-24(25(15-20)29-5)30-18-19-9-7-6-8-10-19/h6-16,27H,17-18H2,1-5H3. The minimum Gasteiger partial charge on any atom is -0.495 e. The Labute approximate surface area is 179 Å². The lowest BCUT2D eigenvalue weighted by Crippen LogP contribution is -2.12. The van der Waals surface area contributed by atoms with Crippen LogP contribution in [0.2, 0.25) is 0 Å².